The quantitative estimate of drug-likeness (QED) is 0.171. The molecule has 0 bridgehead atoms. The van der Waals surface area contributed by atoms with Crippen molar-refractivity contribution in [2.24, 2.45) is 0 Å². The molecule has 32 heavy (non-hydrogen) atoms. The smallest absolute Gasteiger partial charge is 0.326 e. The third-order valence-electron chi connectivity index (χ3n) is 5.03. The molecule has 0 radical (unpaired) electrons. The van der Waals surface area contributed by atoms with Gasteiger partial charge in [0, 0.05) is 18.3 Å². The first kappa shape index (κ1) is 25.6. The first-order valence-electron chi connectivity index (χ1n) is 10.3. The van der Waals surface area contributed by atoms with Gasteiger partial charge >= 0.3 is 5.97 Å². The molecule has 0 spiro atoms. The molecule has 1 aliphatic rings. The molecule has 13 heteroatoms. The van der Waals surface area contributed by atoms with Crippen molar-refractivity contribution in [3.63, 3.8) is 0 Å². The summed E-state index contributed by atoms with van der Waals surface area (Å²) >= 11 is 1.46. The van der Waals surface area contributed by atoms with Crippen molar-refractivity contribution in [2.45, 2.75) is 49.9 Å². The summed E-state index contributed by atoms with van der Waals surface area (Å²) in [5.74, 6) is -2.49. The summed E-state index contributed by atoms with van der Waals surface area (Å²) in [5.41, 5.74) is 0.533. The first-order valence-corrected chi connectivity index (χ1v) is 11.7. The van der Waals surface area contributed by atoms with Crippen molar-refractivity contribution in [3.05, 3.63) is 18.2 Å². The van der Waals surface area contributed by atoms with Crippen LogP contribution in [0.15, 0.2) is 12.5 Å². The maximum Gasteiger partial charge on any atom is 0.326 e. The van der Waals surface area contributed by atoms with Gasteiger partial charge in [0.1, 0.15) is 18.1 Å². The zero-order chi connectivity index (χ0) is 23.5. The van der Waals surface area contributed by atoms with E-state index in [2.05, 4.69) is 31.2 Å². The molecule has 3 amide bonds. The predicted molar refractivity (Wildman–Crippen MR) is 117 cm³/mol. The molecule has 0 aliphatic carbocycles. The van der Waals surface area contributed by atoms with Crippen molar-refractivity contribution in [2.75, 3.05) is 25.2 Å². The highest BCUT2D eigenvalue weighted by Crippen LogP contribution is 2.07. The Morgan fingerprint density at radius 1 is 1.19 bits per heavy atom. The maximum absolute atomic E-state index is 12.8. The molecule has 1 aliphatic heterocycles. The van der Waals surface area contributed by atoms with E-state index in [1.807, 2.05) is 6.26 Å². The zero-order valence-corrected chi connectivity index (χ0v) is 18.6. The minimum Gasteiger partial charge on any atom is -0.480 e. The fourth-order valence-electron chi connectivity index (χ4n) is 3.24. The van der Waals surface area contributed by atoms with Gasteiger partial charge < -0.3 is 36.5 Å². The number of imidazole rings is 1. The number of nitrogens with zero attached hydrogens (tertiary/aromatic N) is 1. The Bertz CT molecular complexity index is 770. The number of amides is 3. The molecule has 4 unspecified atom stereocenters. The van der Waals surface area contributed by atoms with Gasteiger partial charge in [0.2, 0.25) is 17.7 Å². The summed E-state index contributed by atoms with van der Waals surface area (Å²) in [5, 5.41) is 29.5. The van der Waals surface area contributed by atoms with Gasteiger partial charge in [-0.05, 0) is 37.8 Å². The molecule has 4 atom stereocenters. The lowest BCUT2D eigenvalue weighted by Gasteiger charge is -2.24. The van der Waals surface area contributed by atoms with Crippen LogP contribution in [0.1, 0.15) is 25.0 Å². The van der Waals surface area contributed by atoms with Gasteiger partial charge in [0.15, 0.2) is 0 Å². The fourth-order valence-corrected chi connectivity index (χ4v) is 3.71. The van der Waals surface area contributed by atoms with E-state index in [4.69, 9.17) is 0 Å². The average molecular weight is 471 g/mol. The monoisotopic (exact) mass is 470 g/mol. The molecule has 2 heterocycles. The molecule has 0 saturated carbocycles. The van der Waals surface area contributed by atoms with Gasteiger partial charge in [-0.25, -0.2) is 9.78 Å². The zero-order valence-electron chi connectivity index (χ0n) is 17.8. The second-order valence-electron chi connectivity index (χ2n) is 7.42. The van der Waals surface area contributed by atoms with Gasteiger partial charge in [-0.1, -0.05) is 0 Å². The second-order valence-corrected chi connectivity index (χ2v) is 8.40. The average Bonchev–Trinajstić information content (AvgIpc) is 3.48. The van der Waals surface area contributed by atoms with Crippen LogP contribution in [0.25, 0.3) is 0 Å². The van der Waals surface area contributed by atoms with Gasteiger partial charge in [0.05, 0.1) is 19.0 Å². The molecule has 7 N–H and O–H groups in total. The number of carboxylic acid groups (broad SMARTS) is 1. The lowest BCUT2D eigenvalue weighted by Crippen LogP contribution is -2.58. The van der Waals surface area contributed by atoms with Crippen LogP contribution in [-0.4, -0.2) is 93.2 Å². The Balaban J connectivity index is 2.00. The number of thioether (sulfide) groups is 1. The van der Waals surface area contributed by atoms with E-state index < -0.39 is 54.5 Å². The number of rotatable bonds is 13. The van der Waals surface area contributed by atoms with E-state index in [0.717, 1.165) is 6.42 Å². The number of H-pyrrole nitrogens is 1. The van der Waals surface area contributed by atoms with E-state index in [0.29, 0.717) is 24.4 Å². The summed E-state index contributed by atoms with van der Waals surface area (Å²) in [6, 6.07) is -3.91. The SMILES string of the molecule is CSCCC(NC(=O)C(CO)NC(=O)C1CCCN1)C(=O)NC(Cc1cnc[nH]1)C(=O)O. The molecule has 1 saturated heterocycles. The van der Waals surface area contributed by atoms with Crippen molar-refractivity contribution in [3.8, 4) is 0 Å². The molecule has 1 aromatic rings. The van der Waals surface area contributed by atoms with Gasteiger partial charge in [0.25, 0.3) is 0 Å². The molecule has 1 fully saturated rings. The number of carbonyl (C=O) groups is 4. The fraction of sp³-hybridized carbons (Fsp3) is 0.632. The summed E-state index contributed by atoms with van der Waals surface area (Å²) in [4.78, 5) is 55.9. The lowest BCUT2D eigenvalue weighted by atomic mass is 10.1. The first-order chi connectivity index (χ1) is 15.3. The van der Waals surface area contributed by atoms with Crippen LogP contribution >= 0.6 is 11.8 Å². The normalized spacial score (nSPS) is 18.4. The van der Waals surface area contributed by atoms with Crippen molar-refractivity contribution >= 4 is 35.5 Å². The standard InChI is InChI=1S/C19H30N6O6S/c1-32-6-4-13(17(28)24-14(19(30)31)7-11-8-20-10-22-11)23-18(29)15(9-26)25-16(27)12-3-2-5-21-12/h8,10,12-15,21,26H,2-7,9H2,1H3,(H,20,22)(H,23,29)(H,24,28)(H,25,27)(H,30,31). The van der Waals surface area contributed by atoms with Crippen LogP contribution in [0.2, 0.25) is 0 Å². The number of aromatic nitrogens is 2. The number of carboxylic acids is 1. The summed E-state index contributed by atoms with van der Waals surface area (Å²) in [6.07, 6.45) is 6.41. The summed E-state index contributed by atoms with van der Waals surface area (Å²) in [6.45, 7) is 0.0625. The van der Waals surface area contributed by atoms with E-state index in [-0.39, 0.29) is 12.8 Å². The van der Waals surface area contributed by atoms with Crippen LogP contribution in [-0.2, 0) is 25.6 Å². The van der Waals surface area contributed by atoms with Crippen LogP contribution in [0.5, 0.6) is 0 Å². The second kappa shape index (κ2) is 13.0. The number of aliphatic carboxylic acids is 1. The molecular formula is C19H30N6O6S. The van der Waals surface area contributed by atoms with Crippen LogP contribution < -0.4 is 21.3 Å². The number of aromatic amines is 1. The molecule has 2 rings (SSSR count). The Hall–Kier alpha value is -2.64. The number of aliphatic hydroxyl groups is 1. The maximum atomic E-state index is 12.8. The van der Waals surface area contributed by atoms with Crippen LogP contribution in [0.4, 0.5) is 0 Å². The number of carbonyl (C=O) groups excluding carboxylic acids is 3. The minimum absolute atomic E-state index is 0.00597. The van der Waals surface area contributed by atoms with Crippen LogP contribution in [0.3, 0.4) is 0 Å². The van der Waals surface area contributed by atoms with Gasteiger partial charge in [-0.3, -0.25) is 14.4 Å². The largest absolute Gasteiger partial charge is 0.480 e. The Morgan fingerprint density at radius 3 is 2.47 bits per heavy atom. The van der Waals surface area contributed by atoms with Crippen molar-refractivity contribution < 1.29 is 29.4 Å². The number of hydrogen-bond acceptors (Lipinski definition) is 8. The van der Waals surface area contributed by atoms with Gasteiger partial charge in [-0.2, -0.15) is 11.8 Å². The Labute approximate surface area is 189 Å². The number of aliphatic hydroxyl groups excluding tert-OH is 1. The third kappa shape index (κ3) is 7.80. The Kier molecular flexibility index (Phi) is 10.4. The highest BCUT2D eigenvalue weighted by atomic mass is 32.2. The molecule has 1 aromatic heterocycles. The molecular weight excluding hydrogens is 440 g/mol. The Morgan fingerprint density at radius 2 is 1.91 bits per heavy atom. The predicted octanol–water partition coefficient (Wildman–Crippen LogP) is -2.01. The lowest BCUT2D eigenvalue weighted by molar-refractivity contribution is -0.142. The molecule has 178 valence electrons. The van der Waals surface area contributed by atoms with E-state index in [1.54, 1.807) is 0 Å². The number of nitrogens with one attached hydrogen (secondary N) is 5. The topological polar surface area (TPSA) is 186 Å². The highest BCUT2D eigenvalue weighted by molar-refractivity contribution is 7.98. The molecule has 12 nitrogen and oxygen atoms in total. The van der Waals surface area contributed by atoms with Crippen molar-refractivity contribution in [1.29, 1.82) is 0 Å². The number of hydrogen-bond donors (Lipinski definition) is 7. The van der Waals surface area contributed by atoms with E-state index in [1.165, 1.54) is 24.3 Å². The van der Waals surface area contributed by atoms with Crippen LogP contribution in [0, 0.1) is 0 Å². The third-order valence-corrected chi connectivity index (χ3v) is 5.67. The van der Waals surface area contributed by atoms with Crippen molar-refractivity contribution in [1.82, 2.24) is 31.2 Å². The summed E-state index contributed by atoms with van der Waals surface area (Å²) < 4.78 is 0. The molecule has 0 aromatic carbocycles. The van der Waals surface area contributed by atoms with E-state index in [9.17, 15) is 29.4 Å². The minimum atomic E-state index is -1.23. The summed E-state index contributed by atoms with van der Waals surface area (Å²) in [7, 11) is 0. The highest BCUT2D eigenvalue weighted by Gasteiger charge is 2.31. The van der Waals surface area contributed by atoms with E-state index >= 15 is 0 Å². The van der Waals surface area contributed by atoms with Gasteiger partial charge in [-0.15, -0.1) is 0 Å².